The molecule has 0 bridgehead atoms. The lowest BCUT2D eigenvalue weighted by Crippen LogP contribution is -2.55. The molecule has 2 atom stereocenters. The number of unbranched alkanes of at least 4 members (excludes halogenated alkanes) is 6. The summed E-state index contributed by atoms with van der Waals surface area (Å²) in [5, 5.41) is 13.6. The van der Waals surface area contributed by atoms with Gasteiger partial charge in [0.1, 0.15) is 29.1 Å². The number of imide groups is 1. The van der Waals surface area contributed by atoms with E-state index in [0.29, 0.717) is 52.3 Å². The van der Waals surface area contributed by atoms with Crippen LogP contribution in [-0.4, -0.2) is 138 Å². The lowest BCUT2D eigenvalue weighted by molar-refractivity contribution is -0.168. The highest BCUT2D eigenvalue weighted by molar-refractivity contribution is 7.91. The highest BCUT2D eigenvalue weighted by Crippen LogP contribution is 2.41. The Morgan fingerprint density at radius 3 is 2.29 bits per heavy atom. The van der Waals surface area contributed by atoms with Crippen molar-refractivity contribution in [2.45, 2.75) is 165 Å². The summed E-state index contributed by atoms with van der Waals surface area (Å²) in [4.78, 5) is 78.7. The van der Waals surface area contributed by atoms with Crippen molar-refractivity contribution in [3.63, 3.8) is 0 Å². The van der Waals surface area contributed by atoms with Crippen LogP contribution < -0.4 is 15.0 Å². The van der Waals surface area contributed by atoms with E-state index < -0.39 is 58.9 Å². The molecule has 2 aromatic heterocycles. The number of aliphatic hydroxyl groups excluding tert-OH is 1. The van der Waals surface area contributed by atoms with E-state index in [1.807, 2.05) is 6.07 Å². The van der Waals surface area contributed by atoms with Gasteiger partial charge in [0.2, 0.25) is 16.8 Å². The molecule has 5 aliphatic heterocycles. The largest absolute Gasteiger partial charge is 0.611 e. The van der Waals surface area contributed by atoms with Crippen LogP contribution in [0.15, 0.2) is 29.4 Å². The van der Waals surface area contributed by atoms with E-state index >= 15 is 4.39 Å². The van der Waals surface area contributed by atoms with Gasteiger partial charge in [-0.1, -0.05) is 38.2 Å². The van der Waals surface area contributed by atoms with Gasteiger partial charge in [0.05, 0.1) is 36.6 Å². The number of piperidine rings is 3. The standard InChI is InChI=1S/C53H72FN9O8S/c1-52(2,3)50(68)71-34-63-44(65)13-12-43(49(63)67)62-32-37-28-39(41(54)29-40(37)48(62)66)35-14-22-60(23-15-35)21-9-7-5-4-6-8-10-26-70-38-30-55-46(56-31-38)36-16-24-61(25-17-36)51-57-42-18-27-72(69)45(42)47(58-51)59-53(33-64)19-11-20-53/h28-31,35-36,43,64H,4-27,32-34H2,1-3H3,(H,57,58,59)/t43?,72-/m1/s1. The predicted octanol–water partition coefficient (Wildman–Crippen LogP) is 6.79. The number of aliphatic hydroxyl groups is 1. The van der Waals surface area contributed by atoms with Crippen LogP contribution in [0.4, 0.5) is 16.2 Å². The fraction of sp³-hybridized carbons (Fsp3) is 0.660. The molecule has 19 heteroatoms. The van der Waals surface area contributed by atoms with Gasteiger partial charge in [-0.15, -0.1) is 0 Å². The van der Waals surface area contributed by atoms with E-state index in [-0.39, 0.29) is 48.9 Å². The normalized spacial score (nSPS) is 21.8. The number of amides is 3. The Morgan fingerprint density at radius 2 is 1.61 bits per heavy atom. The molecular formula is C53H72FN9O8S. The maximum atomic E-state index is 15.6. The van der Waals surface area contributed by atoms with Crippen molar-refractivity contribution in [2.24, 2.45) is 5.41 Å². The van der Waals surface area contributed by atoms with Crippen molar-refractivity contribution < 1.29 is 42.7 Å². The zero-order valence-corrected chi connectivity index (χ0v) is 43.1. The molecule has 1 aromatic carbocycles. The van der Waals surface area contributed by atoms with Gasteiger partial charge in [0.25, 0.3) is 11.8 Å². The molecule has 3 saturated heterocycles. The van der Waals surface area contributed by atoms with E-state index in [4.69, 9.17) is 19.4 Å². The number of benzene rings is 1. The molecule has 1 saturated carbocycles. The minimum Gasteiger partial charge on any atom is -0.611 e. The van der Waals surface area contributed by atoms with Crippen molar-refractivity contribution in [1.29, 1.82) is 0 Å². The number of aryl methyl sites for hydroxylation is 1. The summed E-state index contributed by atoms with van der Waals surface area (Å²) in [6.07, 6.45) is 18.6. The zero-order chi connectivity index (χ0) is 50.6. The average Bonchev–Trinajstić information content (AvgIpc) is 3.90. The van der Waals surface area contributed by atoms with Crippen LogP contribution in [0.1, 0.15) is 168 Å². The third-order valence-electron chi connectivity index (χ3n) is 15.7. The first-order valence-electron chi connectivity index (χ1n) is 26.5. The minimum absolute atomic E-state index is 0.0298. The van der Waals surface area contributed by atoms with Crippen LogP contribution in [0.2, 0.25) is 0 Å². The number of aromatic nitrogens is 4. The highest BCUT2D eigenvalue weighted by Gasteiger charge is 2.45. The first kappa shape index (κ1) is 51.9. The van der Waals surface area contributed by atoms with Gasteiger partial charge in [-0.2, -0.15) is 4.98 Å². The maximum Gasteiger partial charge on any atom is 0.312 e. The third-order valence-corrected chi connectivity index (χ3v) is 17.2. The summed E-state index contributed by atoms with van der Waals surface area (Å²) in [6.45, 7) is 9.74. The molecule has 0 spiro atoms. The van der Waals surface area contributed by atoms with Crippen molar-refractivity contribution >= 4 is 46.6 Å². The Hall–Kier alpha value is -4.98. The van der Waals surface area contributed by atoms with Gasteiger partial charge in [0.15, 0.2) is 18.3 Å². The number of fused-ring (bicyclic) bond motifs is 2. The molecule has 4 fully saturated rings. The van der Waals surface area contributed by atoms with E-state index in [1.165, 1.54) is 36.6 Å². The van der Waals surface area contributed by atoms with Crippen molar-refractivity contribution in [3.8, 4) is 5.75 Å². The van der Waals surface area contributed by atoms with Gasteiger partial charge in [0, 0.05) is 44.0 Å². The fourth-order valence-corrected chi connectivity index (χ4v) is 12.3. The predicted molar refractivity (Wildman–Crippen MR) is 268 cm³/mol. The van der Waals surface area contributed by atoms with Gasteiger partial charge >= 0.3 is 5.97 Å². The number of nitrogens with one attached hydrogen (secondary N) is 1. The lowest BCUT2D eigenvalue weighted by atomic mass is 9.77. The van der Waals surface area contributed by atoms with Gasteiger partial charge < -0.3 is 39.1 Å². The second-order valence-corrected chi connectivity index (χ2v) is 23.3. The van der Waals surface area contributed by atoms with Crippen LogP contribution >= 0.6 is 0 Å². The van der Waals surface area contributed by atoms with Gasteiger partial charge in [-0.25, -0.2) is 24.2 Å². The molecule has 9 rings (SSSR count). The number of rotatable bonds is 20. The molecule has 6 aliphatic rings. The number of carbonyl (C=O) groups is 4. The molecular weight excluding hydrogens is 942 g/mol. The zero-order valence-electron chi connectivity index (χ0n) is 42.3. The number of hydrogen-bond acceptors (Lipinski definition) is 15. The number of anilines is 2. The van der Waals surface area contributed by atoms with Gasteiger partial charge in [-0.05, 0) is 139 Å². The van der Waals surface area contributed by atoms with Crippen molar-refractivity contribution in [2.75, 3.05) is 68.6 Å². The number of likely N-dealkylation sites (tertiary alicyclic amines) is 2. The molecule has 1 aliphatic carbocycles. The minimum atomic E-state index is -1.13. The fourth-order valence-electron chi connectivity index (χ4n) is 11.0. The number of hydrogen-bond donors (Lipinski definition) is 2. The summed E-state index contributed by atoms with van der Waals surface area (Å²) in [5.41, 5.74) is 1.25. The molecule has 3 amide bonds. The van der Waals surface area contributed by atoms with Crippen molar-refractivity contribution in [3.05, 3.63) is 58.6 Å². The van der Waals surface area contributed by atoms with Crippen molar-refractivity contribution in [1.82, 2.24) is 34.6 Å². The molecule has 3 aromatic rings. The van der Waals surface area contributed by atoms with Gasteiger partial charge in [-0.3, -0.25) is 19.2 Å². The molecule has 17 nitrogen and oxygen atoms in total. The second kappa shape index (κ2) is 22.6. The first-order valence-corrected chi connectivity index (χ1v) is 27.8. The Bertz CT molecular complexity index is 2430. The number of carbonyl (C=O) groups excluding carboxylic acids is 4. The van der Waals surface area contributed by atoms with Crippen LogP contribution in [-0.2, 0) is 43.3 Å². The second-order valence-electron chi connectivity index (χ2n) is 21.8. The summed E-state index contributed by atoms with van der Waals surface area (Å²) in [6, 6.07) is 2.24. The summed E-state index contributed by atoms with van der Waals surface area (Å²) in [7, 11) is 0. The maximum absolute atomic E-state index is 15.6. The quantitative estimate of drug-likeness (QED) is 0.0517. The Kier molecular flexibility index (Phi) is 16.3. The number of ether oxygens (including phenoxy) is 2. The smallest absolute Gasteiger partial charge is 0.312 e. The topological polar surface area (TPSA) is 207 Å². The van der Waals surface area contributed by atoms with Crippen LogP contribution in [0.3, 0.4) is 0 Å². The highest BCUT2D eigenvalue weighted by atomic mass is 32.2. The molecule has 72 heavy (non-hydrogen) atoms. The molecule has 390 valence electrons. The molecule has 1 unspecified atom stereocenters. The Balaban J connectivity index is 0.627. The Morgan fingerprint density at radius 1 is 0.917 bits per heavy atom. The van der Waals surface area contributed by atoms with E-state index in [2.05, 4.69) is 25.1 Å². The molecule has 0 radical (unpaired) electrons. The number of nitrogens with zero attached hydrogens (tertiary/aromatic N) is 8. The van der Waals surface area contributed by atoms with E-state index in [0.717, 1.165) is 113 Å². The average molecular weight is 1010 g/mol. The SMILES string of the molecule is CC(C)(C)C(=O)OCN1C(=O)CCC(N2Cc3cc(C4CCN(CCCCCCCCCOc5cnc(C6CCN(c7nc8c(c(NC9(CO)CCC9)n7)[S@+]([O-])CC8)CC6)nc5)CC4)c(F)cc3C2=O)C1=O. The number of halogens is 1. The monoisotopic (exact) mass is 1010 g/mol. The molecule has 2 N–H and O–H groups in total. The summed E-state index contributed by atoms with van der Waals surface area (Å²) in [5.74, 6) is 1.26. The van der Waals surface area contributed by atoms with E-state index in [9.17, 15) is 28.8 Å². The van der Waals surface area contributed by atoms with Crippen LogP contribution in [0.25, 0.3) is 0 Å². The summed E-state index contributed by atoms with van der Waals surface area (Å²) >= 11 is -1.13. The van der Waals surface area contributed by atoms with Crippen LogP contribution in [0, 0.1) is 11.2 Å². The van der Waals surface area contributed by atoms with E-state index in [1.54, 1.807) is 33.2 Å². The first-order chi connectivity index (χ1) is 34.7. The third kappa shape index (κ3) is 11.7. The Labute approximate surface area is 425 Å². The van der Waals surface area contributed by atoms with Crippen LogP contribution in [0.5, 0.6) is 5.75 Å². The lowest BCUT2D eigenvalue weighted by Gasteiger charge is -2.41. The summed E-state index contributed by atoms with van der Waals surface area (Å²) < 4.78 is 39.8. The molecule has 7 heterocycles. The number of esters is 1.